The first-order valence-corrected chi connectivity index (χ1v) is 8.27. The summed E-state index contributed by atoms with van der Waals surface area (Å²) < 4.78 is 30.1. The van der Waals surface area contributed by atoms with Gasteiger partial charge in [-0.2, -0.15) is 8.93 Å². The molecule has 1 N–H and O–H groups in total. The average Bonchev–Trinajstić information content (AvgIpc) is 2.56. The third-order valence-corrected chi connectivity index (χ3v) is 4.03. The van der Waals surface area contributed by atoms with E-state index < -0.39 is 22.8 Å². The van der Waals surface area contributed by atoms with Crippen LogP contribution in [0.4, 0.5) is 0 Å². The van der Waals surface area contributed by atoms with Gasteiger partial charge in [0.15, 0.2) is 0 Å². The van der Waals surface area contributed by atoms with E-state index in [1.807, 2.05) is 30.3 Å². The van der Waals surface area contributed by atoms with Crippen molar-refractivity contribution in [2.24, 2.45) is 0 Å². The molecule has 0 saturated heterocycles. The van der Waals surface area contributed by atoms with Crippen LogP contribution in [0.3, 0.4) is 0 Å². The highest BCUT2D eigenvalue weighted by Gasteiger charge is 2.31. The highest BCUT2D eigenvalue weighted by atomic mass is 32.2. The van der Waals surface area contributed by atoms with Crippen molar-refractivity contribution in [1.29, 1.82) is 0 Å². The van der Waals surface area contributed by atoms with Gasteiger partial charge in [0.05, 0.1) is 7.11 Å². The van der Waals surface area contributed by atoms with Gasteiger partial charge in [-0.15, -0.1) is 0 Å². The van der Waals surface area contributed by atoms with Crippen molar-refractivity contribution < 1.29 is 22.7 Å². The molecule has 7 heteroatoms. The lowest BCUT2D eigenvalue weighted by Gasteiger charge is -2.21. The fourth-order valence-corrected chi connectivity index (χ4v) is 2.63. The van der Waals surface area contributed by atoms with Gasteiger partial charge in [-0.05, 0) is 50.2 Å². The third kappa shape index (κ3) is 5.07. The molecule has 1 atom stereocenters. The van der Waals surface area contributed by atoms with Crippen LogP contribution in [0.5, 0.6) is 17.2 Å². The normalized spacial score (nSPS) is 12.3. The Labute approximate surface area is 143 Å². The number of carbonyl (C=O) groups is 1. The molecule has 1 unspecified atom stereocenters. The summed E-state index contributed by atoms with van der Waals surface area (Å²) in [6, 6.07) is 16.0. The largest absolute Gasteiger partial charge is 0.468 e. The van der Waals surface area contributed by atoms with E-state index in [4.69, 9.17) is 8.92 Å². The van der Waals surface area contributed by atoms with Crippen molar-refractivity contribution >= 4 is 17.2 Å². The highest BCUT2D eigenvalue weighted by Crippen LogP contribution is 2.23. The van der Waals surface area contributed by atoms with Gasteiger partial charge in [-0.25, -0.2) is 0 Å². The number of para-hydroxylation sites is 1. The molecule has 0 fully saturated rings. The predicted octanol–water partition coefficient (Wildman–Crippen LogP) is 2.98. The second-order valence-corrected chi connectivity index (χ2v) is 6.26. The monoisotopic (exact) mass is 349 g/mol. The number of methoxy groups -OCH3 is 1. The molecule has 2 aromatic carbocycles. The van der Waals surface area contributed by atoms with Gasteiger partial charge in [-0.3, -0.25) is 4.79 Å². The van der Waals surface area contributed by atoms with Crippen LogP contribution in [-0.4, -0.2) is 22.8 Å². The summed E-state index contributed by atoms with van der Waals surface area (Å²) in [5, 5.41) is 0. The van der Waals surface area contributed by atoms with Crippen LogP contribution in [0.25, 0.3) is 0 Å². The minimum absolute atomic E-state index is 0.377. The Bertz CT molecular complexity index is 701. The van der Waals surface area contributed by atoms with Gasteiger partial charge >= 0.3 is 5.97 Å². The molecule has 0 spiro atoms. The number of esters is 1. The van der Waals surface area contributed by atoms with Crippen molar-refractivity contribution in [3.05, 3.63) is 54.6 Å². The van der Waals surface area contributed by atoms with Crippen LogP contribution in [0.1, 0.15) is 13.8 Å². The van der Waals surface area contributed by atoms with Crippen LogP contribution in [0.2, 0.25) is 0 Å². The molecule has 2 aromatic rings. The maximum absolute atomic E-state index is 12.0. The molecule has 0 radical (unpaired) electrons. The van der Waals surface area contributed by atoms with E-state index >= 15 is 0 Å². The summed E-state index contributed by atoms with van der Waals surface area (Å²) in [6.45, 7) is 3.10. The zero-order valence-corrected chi connectivity index (χ0v) is 14.5. The topological polar surface area (TPSA) is 73.9 Å². The standard InChI is InChI=1S/C17H19NO5S/c1-17(2,16(19)21-3)18-24(20)23-15-11-9-14(10-12-15)22-13-7-5-4-6-8-13/h4-12,18H,1-3H3. The molecule has 0 bridgehead atoms. The van der Waals surface area contributed by atoms with Crippen molar-refractivity contribution in [3.63, 3.8) is 0 Å². The Balaban J connectivity index is 1.94. The van der Waals surface area contributed by atoms with Crippen LogP contribution in [0, 0.1) is 0 Å². The zero-order valence-electron chi connectivity index (χ0n) is 13.6. The first kappa shape index (κ1) is 18.0. The fraction of sp³-hybridized carbons (Fsp3) is 0.235. The van der Waals surface area contributed by atoms with E-state index in [1.165, 1.54) is 7.11 Å². The van der Waals surface area contributed by atoms with Crippen molar-refractivity contribution in [3.8, 4) is 17.2 Å². The van der Waals surface area contributed by atoms with Crippen LogP contribution >= 0.6 is 0 Å². The van der Waals surface area contributed by atoms with Gasteiger partial charge < -0.3 is 13.7 Å². The van der Waals surface area contributed by atoms with Crippen molar-refractivity contribution in [2.45, 2.75) is 19.4 Å². The van der Waals surface area contributed by atoms with E-state index in [1.54, 1.807) is 38.1 Å². The summed E-state index contributed by atoms with van der Waals surface area (Å²) in [6.07, 6.45) is 0. The predicted molar refractivity (Wildman–Crippen MR) is 91.0 cm³/mol. The Morgan fingerprint density at radius 2 is 1.50 bits per heavy atom. The molecule has 0 aliphatic heterocycles. The summed E-state index contributed by atoms with van der Waals surface area (Å²) in [5.41, 5.74) is -1.13. The van der Waals surface area contributed by atoms with Crippen molar-refractivity contribution in [2.75, 3.05) is 7.11 Å². The lowest BCUT2D eigenvalue weighted by atomic mass is 10.1. The Morgan fingerprint density at radius 1 is 0.958 bits per heavy atom. The third-order valence-electron chi connectivity index (χ3n) is 3.01. The van der Waals surface area contributed by atoms with E-state index in [2.05, 4.69) is 9.46 Å². The first-order chi connectivity index (χ1) is 11.4. The SMILES string of the molecule is COC(=O)C(C)(C)NS(=O)Oc1ccc(Oc2ccccc2)cc1. The molecule has 0 heterocycles. The molecular formula is C17H19NO5S. The number of nitrogens with one attached hydrogen (secondary N) is 1. The highest BCUT2D eigenvalue weighted by molar-refractivity contribution is 7.78. The van der Waals surface area contributed by atoms with Gasteiger partial charge in [0.1, 0.15) is 22.8 Å². The summed E-state index contributed by atoms with van der Waals surface area (Å²) >= 11 is -1.90. The van der Waals surface area contributed by atoms with Crippen molar-refractivity contribution in [1.82, 2.24) is 4.72 Å². The number of rotatable bonds is 7. The number of benzene rings is 2. The minimum atomic E-state index is -1.90. The number of hydrogen-bond acceptors (Lipinski definition) is 5. The molecule has 0 aliphatic rings. The van der Waals surface area contributed by atoms with Gasteiger partial charge in [-0.1, -0.05) is 18.2 Å². The number of hydrogen-bond donors (Lipinski definition) is 1. The molecule has 0 aliphatic carbocycles. The molecule has 0 saturated carbocycles. The van der Waals surface area contributed by atoms with Gasteiger partial charge in [0.25, 0.3) is 11.3 Å². The Kier molecular flexibility index (Phi) is 5.94. The van der Waals surface area contributed by atoms with E-state index in [0.29, 0.717) is 11.5 Å². The zero-order chi connectivity index (χ0) is 17.6. The summed E-state index contributed by atoms with van der Waals surface area (Å²) in [7, 11) is 1.26. The second-order valence-electron chi connectivity index (χ2n) is 5.42. The molecule has 2 rings (SSSR count). The summed E-state index contributed by atoms with van der Waals surface area (Å²) in [5.74, 6) is 1.19. The Hall–Kier alpha value is -2.38. The molecule has 0 amide bonds. The maximum atomic E-state index is 12.0. The van der Waals surface area contributed by atoms with E-state index in [-0.39, 0.29) is 0 Å². The smallest absolute Gasteiger partial charge is 0.326 e. The van der Waals surface area contributed by atoms with Crippen LogP contribution in [-0.2, 0) is 20.8 Å². The van der Waals surface area contributed by atoms with Crippen LogP contribution < -0.4 is 13.6 Å². The van der Waals surface area contributed by atoms with Crippen LogP contribution in [0.15, 0.2) is 54.6 Å². The van der Waals surface area contributed by atoms with Gasteiger partial charge in [0.2, 0.25) is 0 Å². The first-order valence-electron chi connectivity index (χ1n) is 7.20. The lowest BCUT2D eigenvalue weighted by Crippen LogP contribution is -2.49. The second kappa shape index (κ2) is 7.94. The van der Waals surface area contributed by atoms with E-state index in [9.17, 15) is 9.00 Å². The molecule has 0 aromatic heterocycles. The maximum Gasteiger partial charge on any atom is 0.326 e. The molecule has 24 heavy (non-hydrogen) atoms. The molecular weight excluding hydrogens is 330 g/mol. The number of carbonyl (C=O) groups excluding carboxylic acids is 1. The Morgan fingerprint density at radius 3 is 2.08 bits per heavy atom. The van der Waals surface area contributed by atoms with Gasteiger partial charge in [0, 0.05) is 0 Å². The minimum Gasteiger partial charge on any atom is -0.468 e. The quantitative estimate of drug-likeness (QED) is 0.778. The average molecular weight is 349 g/mol. The lowest BCUT2D eigenvalue weighted by molar-refractivity contribution is -0.146. The number of ether oxygens (including phenoxy) is 2. The molecule has 6 nitrogen and oxygen atoms in total. The van der Waals surface area contributed by atoms with E-state index in [0.717, 1.165) is 5.75 Å². The summed E-state index contributed by atoms with van der Waals surface area (Å²) in [4.78, 5) is 11.5. The fourth-order valence-electron chi connectivity index (χ4n) is 1.80. The molecule has 128 valence electrons.